The van der Waals surface area contributed by atoms with E-state index in [-0.39, 0.29) is 28.8 Å². The Balaban J connectivity index is 1.50. The third kappa shape index (κ3) is 3.30. The average Bonchev–Trinajstić information content (AvgIpc) is 3.37. The third-order valence-electron chi connectivity index (χ3n) is 6.26. The molecule has 0 saturated heterocycles. The van der Waals surface area contributed by atoms with Crippen molar-refractivity contribution >= 4 is 5.91 Å². The quantitative estimate of drug-likeness (QED) is 0.476. The van der Waals surface area contributed by atoms with Gasteiger partial charge >= 0.3 is 0 Å². The van der Waals surface area contributed by atoms with Gasteiger partial charge in [0.15, 0.2) is 11.5 Å². The fourth-order valence-corrected chi connectivity index (χ4v) is 4.63. The summed E-state index contributed by atoms with van der Waals surface area (Å²) in [4.78, 5) is 15.2. The number of carbonyl (C=O) groups is 1. The van der Waals surface area contributed by atoms with E-state index < -0.39 is 5.82 Å². The monoisotopic (exact) mass is 430 g/mol. The lowest BCUT2D eigenvalue weighted by atomic mass is 9.83. The zero-order valence-corrected chi connectivity index (χ0v) is 18.2. The second-order valence-electron chi connectivity index (χ2n) is 8.20. The van der Waals surface area contributed by atoms with Crippen molar-refractivity contribution in [2.45, 2.75) is 26.3 Å². The zero-order chi connectivity index (χ0) is 22.4. The fourth-order valence-electron chi connectivity index (χ4n) is 4.63. The van der Waals surface area contributed by atoms with E-state index in [1.54, 1.807) is 23.1 Å². The average molecular weight is 430 g/mol. The Morgan fingerprint density at radius 2 is 1.88 bits per heavy atom. The fraction of sp³-hybridized carbons (Fsp3) is 0.240. The van der Waals surface area contributed by atoms with E-state index in [1.807, 2.05) is 30.8 Å². The van der Waals surface area contributed by atoms with Gasteiger partial charge in [-0.05, 0) is 37.1 Å². The molecule has 0 saturated carbocycles. The molecule has 5 rings (SSSR count). The molecule has 162 valence electrons. The van der Waals surface area contributed by atoms with Gasteiger partial charge in [-0.25, -0.2) is 4.39 Å². The molecule has 7 heteroatoms. The SMILES string of the molecule is Cc1nn(C)c(C)c1C1CN(C(=O)c2cc(-c3ccccc3F)on2)Cc2ccccc21. The molecule has 6 nitrogen and oxygen atoms in total. The lowest BCUT2D eigenvalue weighted by Crippen LogP contribution is -2.39. The molecule has 1 atom stereocenters. The molecule has 0 radical (unpaired) electrons. The smallest absolute Gasteiger partial charge is 0.276 e. The van der Waals surface area contributed by atoms with Crippen molar-refractivity contribution in [2.24, 2.45) is 7.05 Å². The zero-order valence-electron chi connectivity index (χ0n) is 18.2. The molecule has 1 aliphatic heterocycles. The molecule has 0 fully saturated rings. The predicted octanol–water partition coefficient (Wildman–Crippen LogP) is 4.62. The van der Waals surface area contributed by atoms with Crippen LogP contribution in [0.3, 0.4) is 0 Å². The lowest BCUT2D eigenvalue weighted by Gasteiger charge is -2.34. The summed E-state index contributed by atoms with van der Waals surface area (Å²) in [6.45, 7) is 5.04. The summed E-state index contributed by atoms with van der Waals surface area (Å²) >= 11 is 0. The number of carbonyl (C=O) groups excluding carboxylic acids is 1. The van der Waals surface area contributed by atoms with Gasteiger partial charge in [0.05, 0.1) is 11.3 Å². The highest BCUT2D eigenvalue weighted by atomic mass is 19.1. The maximum atomic E-state index is 14.1. The summed E-state index contributed by atoms with van der Waals surface area (Å²) < 4.78 is 21.3. The van der Waals surface area contributed by atoms with Crippen molar-refractivity contribution in [1.29, 1.82) is 0 Å². The minimum Gasteiger partial charge on any atom is -0.355 e. The van der Waals surface area contributed by atoms with Crippen LogP contribution in [0.1, 0.15) is 44.5 Å². The number of amides is 1. The molecule has 2 aromatic heterocycles. The Kier molecular flexibility index (Phi) is 4.89. The van der Waals surface area contributed by atoms with Crippen LogP contribution in [0.4, 0.5) is 4.39 Å². The Labute approximate surface area is 185 Å². The van der Waals surface area contributed by atoms with Crippen LogP contribution in [0.25, 0.3) is 11.3 Å². The molecule has 2 aromatic carbocycles. The number of hydrogen-bond donors (Lipinski definition) is 0. The van der Waals surface area contributed by atoms with Crippen molar-refractivity contribution in [3.8, 4) is 11.3 Å². The van der Waals surface area contributed by atoms with E-state index in [0.29, 0.717) is 13.1 Å². The van der Waals surface area contributed by atoms with Crippen molar-refractivity contribution < 1.29 is 13.7 Å². The van der Waals surface area contributed by atoms with Gasteiger partial charge in [-0.3, -0.25) is 9.48 Å². The Morgan fingerprint density at radius 3 is 2.62 bits per heavy atom. The predicted molar refractivity (Wildman–Crippen MR) is 118 cm³/mol. The number of aromatic nitrogens is 3. The van der Waals surface area contributed by atoms with Gasteiger partial charge in [0.25, 0.3) is 5.91 Å². The summed E-state index contributed by atoms with van der Waals surface area (Å²) in [5.41, 5.74) is 5.94. The van der Waals surface area contributed by atoms with Crippen LogP contribution in [0.2, 0.25) is 0 Å². The van der Waals surface area contributed by atoms with Gasteiger partial charge in [0, 0.05) is 43.4 Å². The summed E-state index contributed by atoms with van der Waals surface area (Å²) in [5, 5.41) is 8.53. The standard InChI is InChI=1S/C25H23FN4O2/c1-15-24(16(2)29(3)27-15)20-14-30(13-17-8-4-5-9-18(17)20)25(31)22-12-23(32-28-22)19-10-6-7-11-21(19)26/h4-12,20H,13-14H2,1-3H3. The topological polar surface area (TPSA) is 64.2 Å². The molecule has 1 unspecified atom stereocenters. The van der Waals surface area contributed by atoms with Crippen LogP contribution in [0.5, 0.6) is 0 Å². The highest BCUT2D eigenvalue weighted by Gasteiger charge is 2.33. The largest absolute Gasteiger partial charge is 0.355 e. The van der Waals surface area contributed by atoms with Crippen molar-refractivity contribution in [3.63, 3.8) is 0 Å². The maximum absolute atomic E-state index is 14.1. The van der Waals surface area contributed by atoms with Crippen LogP contribution in [-0.2, 0) is 13.6 Å². The first-order valence-corrected chi connectivity index (χ1v) is 10.5. The maximum Gasteiger partial charge on any atom is 0.276 e. The number of fused-ring (bicyclic) bond motifs is 1. The van der Waals surface area contributed by atoms with Gasteiger partial charge in [-0.2, -0.15) is 5.10 Å². The first kappa shape index (κ1) is 20.2. The van der Waals surface area contributed by atoms with E-state index in [0.717, 1.165) is 22.5 Å². The third-order valence-corrected chi connectivity index (χ3v) is 6.26. The van der Waals surface area contributed by atoms with E-state index in [9.17, 15) is 9.18 Å². The Bertz CT molecular complexity index is 1320. The van der Waals surface area contributed by atoms with Crippen LogP contribution in [-0.4, -0.2) is 32.3 Å². The van der Waals surface area contributed by atoms with E-state index in [4.69, 9.17) is 4.52 Å². The van der Waals surface area contributed by atoms with Crippen LogP contribution >= 0.6 is 0 Å². The number of halogens is 1. The molecule has 3 heterocycles. The van der Waals surface area contributed by atoms with Crippen LogP contribution in [0, 0.1) is 19.7 Å². The molecule has 0 N–H and O–H groups in total. The second kappa shape index (κ2) is 7.75. The molecule has 0 spiro atoms. The van der Waals surface area contributed by atoms with Gasteiger partial charge in [0.2, 0.25) is 0 Å². The number of rotatable bonds is 3. The van der Waals surface area contributed by atoms with E-state index in [1.165, 1.54) is 17.7 Å². The van der Waals surface area contributed by atoms with Gasteiger partial charge in [0.1, 0.15) is 5.82 Å². The first-order chi connectivity index (χ1) is 15.4. The van der Waals surface area contributed by atoms with Crippen LogP contribution < -0.4 is 0 Å². The number of hydrogen-bond acceptors (Lipinski definition) is 4. The minimum absolute atomic E-state index is 0.00976. The number of benzene rings is 2. The van der Waals surface area contributed by atoms with Gasteiger partial charge in [-0.1, -0.05) is 41.6 Å². The number of nitrogens with zero attached hydrogens (tertiary/aromatic N) is 4. The molecule has 1 amide bonds. The second-order valence-corrected chi connectivity index (χ2v) is 8.20. The molecule has 4 aromatic rings. The molecule has 0 aliphatic carbocycles. The first-order valence-electron chi connectivity index (χ1n) is 10.5. The normalized spacial score (nSPS) is 15.6. The van der Waals surface area contributed by atoms with Crippen molar-refractivity contribution in [1.82, 2.24) is 19.8 Å². The molecule has 1 aliphatic rings. The van der Waals surface area contributed by atoms with E-state index >= 15 is 0 Å². The van der Waals surface area contributed by atoms with Gasteiger partial charge in [-0.15, -0.1) is 0 Å². The highest BCUT2D eigenvalue weighted by Crippen LogP contribution is 2.37. The van der Waals surface area contributed by atoms with E-state index in [2.05, 4.69) is 29.3 Å². The summed E-state index contributed by atoms with van der Waals surface area (Å²) in [7, 11) is 1.93. The Hall–Kier alpha value is -3.74. The van der Waals surface area contributed by atoms with Crippen molar-refractivity contribution in [3.05, 3.63) is 94.2 Å². The lowest BCUT2D eigenvalue weighted by molar-refractivity contribution is 0.0714. The summed E-state index contributed by atoms with van der Waals surface area (Å²) in [6, 6.07) is 16.0. The highest BCUT2D eigenvalue weighted by molar-refractivity contribution is 5.93. The van der Waals surface area contributed by atoms with Crippen LogP contribution in [0.15, 0.2) is 59.1 Å². The molecule has 32 heavy (non-hydrogen) atoms. The Morgan fingerprint density at radius 1 is 1.12 bits per heavy atom. The summed E-state index contributed by atoms with van der Waals surface area (Å²) in [5.74, 6) is -0.415. The summed E-state index contributed by atoms with van der Waals surface area (Å²) in [6.07, 6.45) is 0. The van der Waals surface area contributed by atoms with Gasteiger partial charge < -0.3 is 9.42 Å². The molecule has 0 bridgehead atoms. The molecular weight excluding hydrogens is 407 g/mol. The number of aryl methyl sites for hydroxylation is 2. The molecular formula is C25H23FN4O2. The minimum atomic E-state index is -0.419. The van der Waals surface area contributed by atoms with Crippen molar-refractivity contribution in [2.75, 3.05) is 6.54 Å².